The molecule has 0 spiro atoms. The standard InChI is InChI=1S/C12H28O9P2.C12H28O8P2.C10H24O8P2.C8H20O9P2.C6H16O8P2.C6H16O6P2.C2H7O2P/c1-3-5-7-18-22(13,14)20-11-9-17-10-12-21-23(15,16)19-8-6-4-2;1-3-5-9-17-21(13,14)19-11-7-8-12-20-22(15,16)18-10-6-4-2;1-3-5-7-15-19(11,12)17-9-10-18-20(13,14)16-8-6-4-2;1-3-14-18(9,10)16-7-5-13-6-8-17-19(11,12)15-4-2;1-3-11-15(7,8)13-5-6-14-16(9,10)12-4-2;1-13(7,8)11-5-3-4-6-12-14(2,9)10;1-5(2,3)4/h3-12H2,1-2H3,(H,13,14)(H,15,16);3-12H2,1-2H3,(H,13,14)(H,15,16);3-10H2,1-2H3,(H,11,12)(H,13,14);3-8H2,1-2H3,(H,9,10)(H,11,12);3-6H2,1-2H3,(H,7,8)(H,9,10);3-6H2,1-2H3,(H,7,8)(H,9,10);1-2H3,(H,3,4). The lowest BCUT2D eigenvalue weighted by molar-refractivity contribution is 0.0504. The monoisotopic (exact) mass is 2010 g/mol. The average Bonchev–Trinajstić information content (AvgIpc) is 0.950. The van der Waals surface area contributed by atoms with E-state index < -0.39 is 101 Å². The molecule has 0 bridgehead atoms. The van der Waals surface area contributed by atoms with Gasteiger partial charge < -0.3 is 82.1 Å². The number of hydrogen-bond donors (Lipinski definition) is 13. The van der Waals surface area contributed by atoms with Crippen LogP contribution in [-0.4, -0.2) is 262 Å². The Balaban J connectivity index is -0.000000251. The summed E-state index contributed by atoms with van der Waals surface area (Å²) in [7, 11) is -49.9. The molecule has 0 aliphatic rings. The van der Waals surface area contributed by atoms with Crippen molar-refractivity contribution in [2.45, 2.75) is 172 Å². The van der Waals surface area contributed by atoms with Gasteiger partial charge in [0.1, 0.15) is 0 Å². The molecule has 0 radical (unpaired) electrons. The number of unbranched alkanes of at least 4 members (excludes halogenated alkanes) is 8. The summed E-state index contributed by atoms with van der Waals surface area (Å²) in [5, 5.41) is 0. The first-order valence-electron chi connectivity index (χ1n) is 37.4. The zero-order valence-corrected chi connectivity index (χ0v) is 82.1. The van der Waals surface area contributed by atoms with Crippen molar-refractivity contribution < 1.29 is 232 Å². The van der Waals surface area contributed by atoms with E-state index in [1.165, 1.54) is 27.2 Å². The van der Waals surface area contributed by atoms with Gasteiger partial charge in [-0.3, -0.25) is 104 Å². The predicted octanol–water partition coefficient (Wildman–Crippen LogP) is 13.9. The molecule has 0 fully saturated rings. The van der Waals surface area contributed by atoms with Crippen LogP contribution in [0.3, 0.4) is 0 Å². The Morgan fingerprint density at radius 2 is 0.269 bits per heavy atom. The molecule has 0 saturated carbocycles. The average molecular weight is 2020 g/mol. The minimum Gasteiger partial charge on any atom is -0.377 e. The molecular formula is C56H139O50P13. The van der Waals surface area contributed by atoms with Crippen molar-refractivity contribution in [3.8, 4) is 0 Å². The van der Waals surface area contributed by atoms with Crippen molar-refractivity contribution in [3.05, 3.63) is 0 Å². The second-order valence-corrected chi connectivity index (χ2v) is 43.9. The van der Waals surface area contributed by atoms with Crippen LogP contribution in [0, 0.1) is 0 Å². The second-order valence-electron chi connectivity index (χ2n) is 23.0. The van der Waals surface area contributed by atoms with E-state index in [2.05, 4.69) is 72.4 Å². The van der Waals surface area contributed by atoms with Crippen molar-refractivity contribution in [3.63, 3.8) is 0 Å². The fourth-order valence-corrected chi connectivity index (χ4v) is 14.2. The molecule has 0 aromatic carbocycles. The number of phosphoric ester groups is 10. The molecule has 0 amide bonds. The van der Waals surface area contributed by atoms with Crippen molar-refractivity contribution >= 4 is 101 Å². The van der Waals surface area contributed by atoms with E-state index in [4.69, 9.17) is 70.9 Å². The third kappa shape index (κ3) is 120. The van der Waals surface area contributed by atoms with Gasteiger partial charge >= 0.3 is 93.4 Å². The summed E-state index contributed by atoms with van der Waals surface area (Å²) in [5.41, 5.74) is 0. The molecule has 119 heavy (non-hydrogen) atoms. The van der Waals surface area contributed by atoms with Crippen molar-refractivity contribution in [2.75, 3.05) is 198 Å². The molecule has 13 N–H and O–H groups in total. The Morgan fingerprint density at radius 1 is 0.160 bits per heavy atom. The number of rotatable bonds is 72. The van der Waals surface area contributed by atoms with Gasteiger partial charge in [-0.2, -0.15) is 0 Å². The summed E-state index contributed by atoms with van der Waals surface area (Å²) in [5.74, 6) is 0. The molecule has 12 unspecified atom stereocenters. The minimum absolute atomic E-state index is 0.00961. The highest BCUT2D eigenvalue weighted by atomic mass is 31.2. The molecular weight excluding hydrogens is 1880 g/mol. The molecule has 0 saturated heterocycles. The van der Waals surface area contributed by atoms with Crippen LogP contribution in [0.5, 0.6) is 0 Å². The summed E-state index contributed by atoms with van der Waals surface area (Å²) in [6.45, 7) is 22.1. The molecule has 0 aliphatic heterocycles. The summed E-state index contributed by atoms with van der Waals surface area (Å²) >= 11 is 0. The maximum absolute atomic E-state index is 11.4. The first-order valence-corrected chi connectivity index (χ1v) is 58.9. The quantitative estimate of drug-likeness (QED) is 0.0199. The van der Waals surface area contributed by atoms with Crippen LogP contribution < -0.4 is 0 Å². The van der Waals surface area contributed by atoms with E-state index in [0.717, 1.165) is 51.9 Å². The van der Waals surface area contributed by atoms with Crippen LogP contribution in [0.15, 0.2) is 0 Å². The third-order valence-corrected chi connectivity index (χ3v) is 22.8. The smallest absolute Gasteiger partial charge is 0.377 e. The van der Waals surface area contributed by atoms with Gasteiger partial charge in [0.2, 0.25) is 0 Å². The lowest BCUT2D eigenvalue weighted by Crippen LogP contribution is -2.09. The van der Waals surface area contributed by atoms with Gasteiger partial charge in [0, 0.05) is 26.7 Å². The largest absolute Gasteiger partial charge is 0.472 e. The van der Waals surface area contributed by atoms with E-state index in [1.807, 2.05) is 41.5 Å². The zero-order valence-electron chi connectivity index (χ0n) is 70.4. The number of phosphoric acid groups is 10. The van der Waals surface area contributed by atoms with Gasteiger partial charge in [-0.15, -0.1) is 0 Å². The summed E-state index contributed by atoms with van der Waals surface area (Å²) in [4.78, 5) is 117. The molecule has 0 aliphatic carbocycles. The Hall–Kier alpha value is 1.51. The van der Waals surface area contributed by atoms with E-state index in [1.54, 1.807) is 13.8 Å². The van der Waals surface area contributed by atoms with Crippen LogP contribution >= 0.6 is 101 Å². The van der Waals surface area contributed by atoms with Gasteiger partial charge in [0.15, 0.2) is 7.37 Å². The Kier molecular flexibility index (Phi) is 89.0. The molecule has 728 valence electrons. The molecule has 63 heteroatoms. The highest BCUT2D eigenvalue weighted by Gasteiger charge is 2.28. The molecule has 12 atom stereocenters. The molecule has 50 nitrogen and oxygen atoms in total. The topological polar surface area (TPSA) is 706 Å². The zero-order chi connectivity index (χ0) is 93.2. The lowest BCUT2D eigenvalue weighted by atomic mass is 10.3. The van der Waals surface area contributed by atoms with Gasteiger partial charge in [-0.05, 0) is 91.9 Å². The van der Waals surface area contributed by atoms with Crippen LogP contribution in [-0.2, 0) is 168 Å². The highest BCUT2D eigenvalue weighted by Crippen LogP contribution is 2.50. The van der Waals surface area contributed by atoms with Gasteiger partial charge in [0.05, 0.1) is 172 Å². The molecule has 0 aromatic heterocycles. The summed E-state index contributed by atoms with van der Waals surface area (Å²) in [6.07, 6.45) is 10.9. The number of hydrogen-bond acceptors (Lipinski definition) is 37. The molecule has 0 aromatic rings. The van der Waals surface area contributed by atoms with E-state index in [-0.39, 0.29) is 172 Å². The summed E-state index contributed by atoms with van der Waals surface area (Å²) in [6, 6.07) is 0. The maximum atomic E-state index is 11.4. The van der Waals surface area contributed by atoms with Crippen LogP contribution in [0.4, 0.5) is 0 Å². The fourth-order valence-electron chi connectivity index (χ4n) is 5.87. The lowest BCUT2D eigenvalue weighted by Gasteiger charge is -2.14. The summed E-state index contributed by atoms with van der Waals surface area (Å²) < 4.78 is 254. The van der Waals surface area contributed by atoms with Crippen molar-refractivity contribution in [1.29, 1.82) is 0 Å². The minimum atomic E-state index is -4.12. The Labute approximate surface area is 700 Å². The van der Waals surface area contributed by atoms with Crippen LogP contribution in [0.2, 0.25) is 0 Å². The Morgan fingerprint density at radius 3 is 0.395 bits per heavy atom. The van der Waals surface area contributed by atoms with Gasteiger partial charge in [-0.25, -0.2) is 45.7 Å². The fraction of sp³-hybridized carbons (Fsp3) is 1.00. The van der Waals surface area contributed by atoms with Crippen molar-refractivity contribution in [2.24, 2.45) is 0 Å². The third-order valence-electron chi connectivity index (χ3n) is 11.0. The van der Waals surface area contributed by atoms with Crippen LogP contribution in [0.1, 0.15) is 172 Å². The van der Waals surface area contributed by atoms with Crippen LogP contribution in [0.25, 0.3) is 0 Å². The first-order chi connectivity index (χ1) is 54.8. The van der Waals surface area contributed by atoms with E-state index in [9.17, 15) is 88.7 Å². The van der Waals surface area contributed by atoms with Crippen molar-refractivity contribution in [1.82, 2.24) is 0 Å². The predicted molar refractivity (Wildman–Crippen MR) is 435 cm³/mol. The SMILES string of the molecule is CCCCOP(=O)(O)OCCCCOP(=O)(O)OCCCC.CCCCOP(=O)(O)OCCOCCOP(=O)(O)OCCCC.CCCCOP(=O)(O)OCCOP(=O)(O)OCCCC.CCOP(=O)(O)OCCOCCOP(=O)(O)OCC.CCOP(=O)(O)OCCOP(=O)(O)OCC.CP(=O)(O)OCCCCOP(C)(=O)O.CP(C)(=O)O. The maximum Gasteiger partial charge on any atom is 0.472 e. The Bertz CT molecular complexity index is 2860. The molecule has 0 rings (SSSR count). The van der Waals surface area contributed by atoms with E-state index in [0.29, 0.717) is 64.2 Å². The van der Waals surface area contributed by atoms with Gasteiger partial charge in [0.25, 0.3) is 0 Å². The normalized spacial score (nSPS) is 17.6. The second kappa shape index (κ2) is 79.3. The molecule has 0 heterocycles. The highest BCUT2D eigenvalue weighted by molar-refractivity contribution is 7.56. The number of ether oxygens (including phenoxy) is 2. The first kappa shape index (κ1) is 134. The van der Waals surface area contributed by atoms with Gasteiger partial charge in [-0.1, -0.05) is 80.1 Å². The van der Waals surface area contributed by atoms with E-state index >= 15 is 0 Å².